The first kappa shape index (κ1) is 37.5. The molecule has 1 unspecified atom stereocenters. The van der Waals surface area contributed by atoms with E-state index in [0.717, 1.165) is 38.5 Å². The molecule has 0 aromatic rings. The fraction of sp³-hybridized carbons (Fsp3) is 0.964. The molecule has 0 N–H and O–H groups in total. The van der Waals surface area contributed by atoms with Gasteiger partial charge in [0.05, 0.1) is 6.61 Å². The molecule has 0 aliphatic rings. The minimum atomic E-state index is -4.67. The van der Waals surface area contributed by atoms with Crippen molar-refractivity contribution in [3.63, 3.8) is 0 Å². The van der Waals surface area contributed by atoms with Crippen molar-refractivity contribution in [1.82, 2.24) is 0 Å². The van der Waals surface area contributed by atoms with Gasteiger partial charge in [-0.3, -0.25) is 4.79 Å². The predicted octanol–water partition coefficient (Wildman–Crippen LogP) is 5.46. The number of esters is 1. The Labute approximate surface area is 240 Å². The Hall–Kier alpha value is 0.380. The second kappa shape index (κ2) is 27.4. The SMILES string of the molecule is CCCCCCCCCCCCCCCCC(C(=O)OCCCCCCCCCC)S(=O)(=O)[O-].[Na+]. The molecule has 0 amide bonds. The molecule has 0 saturated carbocycles. The van der Waals surface area contributed by atoms with Gasteiger partial charge in [-0.1, -0.05) is 149 Å². The van der Waals surface area contributed by atoms with Crippen LogP contribution < -0.4 is 29.6 Å². The largest absolute Gasteiger partial charge is 1.00 e. The average Bonchev–Trinajstić information content (AvgIpc) is 2.79. The van der Waals surface area contributed by atoms with E-state index >= 15 is 0 Å². The van der Waals surface area contributed by atoms with Crippen LogP contribution >= 0.6 is 0 Å². The van der Waals surface area contributed by atoms with Crippen molar-refractivity contribution in [2.24, 2.45) is 0 Å². The molecule has 35 heavy (non-hydrogen) atoms. The molecule has 204 valence electrons. The van der Waals surface area contributed by atoms with Gasteiger partial charge in [0, 0.05) is 0 Å². The van der Waals surface area contributed by atoms with Crippen LogP contribution in [0.5, 0.6) is 0 Å². The maximum absolute atomic E-state index is 12.2. The second-order valence-electron chi connectivity index (χ2n) is 10.0. The normalized spacial score (nSPS) is 12.3. The summed E-state index contributed by atoms with van der Waals surface area (Å²) in [5, 5.41) is -1.54. The Morgan fingerprint density at radius 3 is 1.26 bits per heavy atom. The van der Waals surface area contributed by atoms with Crippen LogP contribution in [0, 0.1) is 0 Å². The number of carbonyl (C=O) groups excluding carboxylic acids is 1. The van der Waals surface area contributed by atoms with Gasteiger partial charge in [0.15, 0.2) is 0 Å². The topological polar surface area (TPSA) is 83.5 Å². The molecule has 5 nitrogen and oxygen atoms in total. The number of hydrogen-bond donors (Lipinski definition) is 0. The molecule has 0 rings (SSSR count). The summed E-state index contributed by atoms with van der Waals surface area (Å²) in [7, 11) is -4.67. The zero-order valence-corrected chi connectivity index (χ0v) is 26.3. The van der Waals surface area contributed by atoms with Crippen molar-refractivity contribution in [2.75, 3.05) is 6.61 Å². The fourth-order valence-corrected chi connectivity index (χ4v) is 5.17. The van der Waals surface area contributed by atoms with Gasteiger partial charge in [0.25, 0.3) is 0 Å². The van der Waals surface area contributed by atoms with Crippen LogP contribution in [-0.2, 0) is 19.6 Å². The Balaban J connectivity index is 0. The molecule has 0 aliphatic heterocycles. The Kier molecular flexibility index (Phi) is 29.4. The smallest absolute Gasteiger partial charge is 0.747 e. The number of rotatable bonds is 26. The standard InChI is InChI=1S/C28H56O5S.Na/c1-3-5-7-9-11-13-14-15-16-17-18-19-21-23-25-27(34(30,31)32)28(29)33-26-24-22-20-12-10-8-6-4-2;/h27H,3-26H2,1-2H3,(H,30,31,32);/q;+1/p-1. The quantitative estimate of drug-likeness (QED) is 0.0647. The van der Waals surface area contributed by atoms with Crippen LogP contribution in [0.25, 0.3) is 0 Å². The summed E-state index contributed by atoms with van der Waals surface area (Å²) in [5.41, 5.74) is 0. The molecule has 0 aromatic carbocycles. The summed E-state index contributed by atoms with van der Waals surface area (Å²) < 4.78 is 39.8. The van der Waals surface area contributed by atoms with Gasteiger partial charge < -0.3 is 9.29 Å². The maximum atomic E-state index is 12.2. The summed E-state index contributed by atoms with van der Waals surface area (Å²) >= 11 is 0. The van der Waals surface area contributed by atoms with Crippen molar-refractivity contribution in [3.05, 3.63) is 0 Å². The molecule has 0 radical (unpaired) electrons. The Morgan fingerprint density at radius 1 is 0.600 bits per heavy atom. The van der Waals surface area contributed by atoms with Crippen LogP contribution in [0.3, 0.4) is 0 Å². The van der Waals surface area contributed by atoms with Crippen LogP contribution in [0.1, 0.15) is 162 Å². The van der Waals surface area contributed by atoms with Gasteiger partial charge in [-0.25, -0.2) is 8.42 Å². The van der Waals surface area contributed by atoms with E-state index in [9.17, 15) is 17.8 Å². The van der Waals surface area contributed by atoms with E-state index in [4.69, 9.17) is 4.74 Å². The van der Waals surface area contributed by atoms with Gasteiger partial charge in [0.2, 0.25) is 0 Å². The monoisotopic (exact) mass is 526 g/mol. The third-order valence-electron chi connectivity index (χ3n) is 6.67. The Morgan fingerprint density at radius 2 is 0.914 bits per heavy atom. The van der Waals surface area contributed by atoms with Gasteiger partial charge in [-0.05, 0) is 12.8 Å². The third kappa shape index (κ3) is 25.8. The van der Waals surface area contributed by atoms with E-state index in [1.54, 1.807) is 0 Å². The number of unbranched alkanes of at least 4 members (excludes halogenated alkanes) is 20. The average molecular weight is 527 g/mol. The van der Waals surface area contributed by atoms with Crippen LogP contribution in [0.2, 0.25) is 0 Å². The number of hydrogen-bond acceptors (Lipinski definition) is 5. The summed E-state index contributed by atoms with van der Waals surface area (Å²) in [5.74, 6) is -0.854. The molecule has 7 heteroatoms. The third-order valence-corrected chi connectivity index (χ3v) is 7.80. The summed E-state index contributed by atoms with van der Waals surface area (Å²) in [6, 6.07) is 0. The maximum Gasteiger partial charge on any atom is 1.00 e. The fourth-order valence-electron chi connectivity index (χ4n) is 4.41. The van der Waals surface area contributed by atoms with E-state index in [1.807, 2.05) is 0 Å². The predicted molar refractivity (Wildman–Crippen MR) is 142 cm³/mol. The molecule has 0 spiro atoms. The molecule has 0 aromatic heterocycles. The summed E-state index contributed by atoms with van der Waals surface area (Å²) in [4.78, 5) is 12.2. The first-order chi connectivity index (χ1) is 16.4. The van der Waals surface area contributed by atoms with E-state index < -0.39 is 21.3 Å². The zero-order valence-electron chi connectivity index (χ0n) is 23.5. The molecule has 0 bridgehead atoms. The van der Waals surface area contributed by atoms with Gasteiger partial charge in [-0.15, -0.1) is 0 Å². The molecule has 1 atom stereocenters. The van der Waals surface area contributed by atoms with Crippen LogP contribution in [-0.4, -0.2) is 30.8 Å². The first-order valence-electron chi connectivity index (χ1n) is 14.5. The van der Waals surface area contributed by atoms with Crippen molar-refractivity contribution in [1.29, 1.82) is 0 Å². The van der Waals surface area contributed by atoms with E-state index in [-0.39, 0.29) is 42.6 Å². The zero-order chi connectivity index (χ0) is 25.3. The Bertz CT molecular complexity index is 554. The summed E-state index contributed by atoms with van der Waals surface area (Å²) in [6.07, 6.45) is 25.9. The van der Waals surface area contributed by atoms with Crippen molar-refractivity contribution >= 4 is 16.1 Å². The molecule has 0 heterocycles. The van der Waals surface area contributed by atoms with Gasteiger partial charge >= 0.3 is 35.5 Å². The van der Waals surface area contributed by atoms with E-state index in [2.05, 4.69) is 13.8 Å². The minimum Gasteiger partial charge on any atom is -0.747 e. The number of ether oxygens (including phenoxy) is 1. The second-order valence-corrected chi connectivity index (χ2v) is 11.6. The van der Waals surface area contributed by atoms with Crippen molar-refractivity contribution in [3.8, 4) is 0 Å². The summed E-state index contributed by atoms with van der Waals surface area (Å²) in [6.45, 7) is 4.65. The van der Waals surface area contributed by atoms with E-state index in [1.165, 1.54) is 96.3 Å². The first-order valence-corrected chi connectivity index (χ1v) is 16.0. The van der Waals surface area contributed by atoms with Crippen molar-refractivity contribution in [2.45, 2.75) is 167 Å². The molecule has 0 fully saturated rings. The molecular weight excluding hydrogens is 471 g/mol. The van der Waals surface area contributed by atoms with Gasteiger partial charge in [-0.2, -0.15) is 0 Å². The van der Waals surface area contributed by atoms with Gasteiger partial charge in [0.1, 0.15) is 15.4 Å². The van der Waals surface area contributed by atoms with Crippen molar-refractivity contribution < 1.29 is 52.1 Å². The minimum absolute atomic E-state index is 0. The van der Waals surface area contributed by atoms with Crippen LogP contribution in [0.4, 0.5) is 0 Å². The number of carbonyl (C=O) groups is 1. The van der Waals surface area contributed by atoms with E-state index in [0.29, 0.717) is 6.42 Å². The molecular formula is C28H55NaO5S. The molecule has 0 aliphatic carbocycles. The van der Waals surface area contributed by atoms with Crippen LogP contribution in [0.15, 0.2) is 0 Å². The molecule has 0 saturated heterocycles.